The van der Waals surface area contributed by atoms with Crippen LogP contribution >= 0.6 is 22.7 Å². The molecular weight excluding hydrogens is 286 g/mol. The molecule has 0 amide bonds. The van der Waals surface area contributed by atoms with E-state index in [0.717, 1.165) is 21.4 Å². The lowest BCUT2D eigenvalue weighted by Gasteiger charge is -2.07. The molecule has 1 aromatic carbocycles. The van der Waals surface area contributed by atoms with Crippen molar-refractivity contribution in [3.05, 3.63) is 58.6 Å². The number of aryl methyl sites for hydroxylation is 1. The molecule has 0 aliphatic rings. The first kappa shape index (κ1) is 13.0. The largest absolute Gasteiger partial charge is 0.354 e. The van der Waals surface area contributed by atoms with Crippen LogP contribution in [0.5, 0.6) is 0 Å². The number of nitrogens with one attached hydrogen (secondary N) is 1. The predicted octanol–water partition coefficient (Wildman–Crippen LogP) is 4.66. The fraction of sp³-hybridized carbons (Fsp3) is 0.0667. The minimum atomic E-state index is 0.821. The molecular formula is C15H13N3S2. The van der Waals surface area contributed by atoms with E-state index in [1.807, 2.05) is 30.6 Å². The molecule has 0 radical (unpaired) electrons. The lowest BCUT2D eigenvalue weighted by Crippen LogP contribution is -1.96. The topological polar surface area (TPSA) is 37.8 Å². The summed E-state index contributed by atoms with van der Waals surface area (Å²) < 4.78 is 0. The van der Waals surface area contributed by atoms with Gasteiger partial charge in [0.25, 0.3) is 0 Å². The molecule has 0 fully saturated rings. The van der Waals surface area contributed by atoms with E-state index in [0.29, 0.717) is 0 Å². The van der Waals surface area contributed by atoms with E-state index in [1.165, 1.54) is 10.4 Å². The van der Waals surface area contributed by atoms with Crippen molar-refractivity contribution in [2.45, 2.75) is 6.92 Å². The molecule has 3 nitrogen and oxygen atoms in total. The molecule has 0 atom stereocenters. The zero-order chi connectivity index (χ0) is 13.9. The number of rotatable bonds is 4. The van der Waals surface area contributed by atoms with Crippen LogP contribution in [-0.4, -0.2) is 9.97 Å². The van der Waals surface area contributed by atoms with Gasteiger partial charge in [-0.3, -0.25) is 0 Å². The Morgan fingerprint density at radius 2 is 2.00 bits per heavy atom. The lowest BCUT2D eigenvalue weighted by atomic mass is 10.2. The second-order valence-electron chi connectivity index (χ2n) is 4.26. The van der Waals surface area contributed by atoms with Crippen LogP contribution < -0.4 is 5.32 Å². The van der Waals surface area contributed by atoms with Crippen molar-refractivity contribution >= 4 is 34.1 Å². The van der Waals surface area contributed by atoms with Crippen LogP contribution in [-0.2, 0) is 0 Å². The molecule has 5 heteroatoms. The zero-order valence-corrected chi connectivity index (χ0v) is 12.6. The summed E-state index contributed by atoms with van der Waals surface area (Å²) >= 11 is 3.27. The smallest absolute Gasteiger partial charge is 0.138 e. The summed E-state index contributed by atoms with van der Waals surface area (Å²) in [7, 11) is 0. The maximum absolute atomic E-state index is 4.28. The van der Waals surface area contributed by atoms with Crippen LogP contribution in [0.25, 0.3) is 16.1 Å². The Labute approximate surface area is 125 Å². The minimum Gasteiger partial charge on any atom is -0.354 e. The van der Waals surface area contributed by atoms with Crippen molar-refractivity contribution in [1.82, 2.24) is 9.97 Å². The van der Waals surface area contributed by atoms with Gasteiger partial charge in [-0.05, 0) is 24.6 Å². The summed E-state index contributed by atoms with van der Waals surface area (Å²) in [5, 5.41) is 7.20. The van der Waals surface area contributed by atoms with Crippen LogP contribution in [0.4, 0.5) is 5.69 Å². The summed E-state index contributed by atoms with van der Waals surface area (Å²) in [5.41, 5.74) is 3.01. The van der Waals surface area contributed by atoms with Gasteiger partial charge in [-0.2, -0.15) is 0 Å². The Hall–Kier alpha value is -1.98. The summed E-state index contributed by atoms with van der Waals surface area (Å²) in [6, 6.07) is 8.27. The summed E-state index contributed by atoms with van der Waals surface area (Å²) in [6.07, 6.45) is 3.69. The molecule has 1 N–H and O–H groups in total. The Morgan fingerprint density at radius 1 is 1.20 bits per heavy atom. The van der Waals surface area contributed by atoms with Gasteiger partial charge in [0.05, 0.1) is 15.6 Å². The minimum absolute atomic E-state index is 0.821. The molecule has 0 saturated heterocycles. The molecule has 3 aromatic rings. The highest BCUT2D eigenvalue weighted by atomic mass is 32.1. The fourth-order valence-electron chi connectivity index (χ4n) is 1.81. The highest BCUT2D eigenvalue weighted by Gasteiger charge is 2.04. The number of benzene rings is 1. The third-order valence-electron chi connectivity index (χ3n) is 2.78. The van der Waals surface area contributed by atoms with Gasteiger partial charge in [-0.1, -0.05) is 18.7 Å². The molecule has 3 rings (SSSR count). The first-order valence-corrected chi connectivity index (χ1v) is 7.80. The highest BCUT2D eigenvalue weighted by molar-refractivity contribution is 7.15. The molecule has 0 spiro atoms. The van der Waals surface area contributed by atoms with Gasteiger partial charge in [0.2, 0.25) is 0 Å². The quantitative estimate of drug-likeness (QED) is 0.761. The summed E-state index contributed by atoms with van der Waals surface area (Å²) in [5.74, 6) is 0. The van der Waals surface area contributed by atoms with Crippen molar-refractivity contribution in [3.8, 4) is 10.4 Å². The molecule has 2 heterocycles. The van der Waals surface area contributed by atoms with Crippen molar-refractivity contribution < 1.29 is 0 Å². The standard InChI is InChI=1S/C15H13N3S2/c1-10(15-16-7-8-19-15)18-13-5-3-12(4-6-13)14-9-17-11(2)20-14/h3-9,18H,1H2,2H3. The van der Waals surface area contributed by atoms with Crippen molar-refractivity contribution in [3.63, 3.8) is 0 Å². The maximum Gasteiger partial charge on any atom is 0.138 e. The van der Waals surface area contributed by atoms with Crippen molar-refractivity contribution in [1.29, 1.82) is 0 Å². The van der Waals surface area contributed by atoms with E-state index in [-0.39, 0.29) is 0 Å². The Morgan fingerprint density at radius 3 is 2.60 bits per heavy atom. The molecule has 0 saturated carbocycles. The number of nitrogens with zero attached hydrogens (tertiary/aromatic N) is 2. The van der Waals surface area contributed by atoms with E-state index in [2.05, 4.69) is 34.0 Å². The van der Waals surface area contributed by atoms with Crippen LogP contribution in [0.15, 0.2) is 48.6 Å². The number of anilines is 1. The van der Waals surface area contributed by atoms with Crippen molar-refractivity contribution in [2.75, 3.05) is 5.32 Å². The van der Waals surface area contributed by atoms with E-state index in [4.69, 9.17) is 0 Å². The molecule has 0 bridgehead atoms. The number of hydrogen-bond acceptors (Lipinski definition) is 5. The van der Waals surface area contributed by atoms with E-state index in [1.54, 1.807) is 28.9 Å². The second-order valence-corrected chi connectivity index (χ2v) is 6.39. The molecule has 0 unspecified atom stereocenters. The number of thiazole rings is 2. The third kappa shape index (κ3) is 2.79. The second kappa shape index (κ2) is 5.56. The van der Waals surface area contributed by atoms with Crippen molar-refractivity contribution in [2.24, 2.45) is 0 Å². The SMILES string of the molecule is C=C(Nc1ccc(-c2cnc(C)s2)cc1)c1nccs1. The van der Waals surface area contributed by atoms with Crippen LogP contribution in [0, 0.1) is 6.92 Å². The maximum atomic E-state index is 4.28. The first-order valence-electron chi connectivity index (χ1n) is 6.11. The average Bonchev–Trinajstić information content (AvgIpc) is 3.10. The number of aromatic nitrogens is 2. The van der Waals surface area contributed by atoms with Gasteiger partial charge in [0.15, 0.2) is 0 Å². The molecule has 0 aliphatic heterocycles. The lowest BCUT2D eigenvalue weighted by molar-refractivity contribution is 1.30. The molecule has 2 aromatic heterocycles. The average molecular weight is 299 g/mol. The van der Waals surface area contributed by atoms with Crippen LogP contribution in [0.1, 0.15) is 10.0 Å². The Balaban J connectivity index is 1.75. The molecule has 100 valence electrons. The van der Waals surface area contributed by atoms with Crippen LogP contribution in [0.3, 0.4) is 0 Å². The highest BCUT2D eigenvalue weighted by Crippen LogP contribution is 2.27. The van der Waals surface area contributed by atoms with E-state index < -0.39 is 0 Å². The van der Waals surface area contributed by atoms with E-state index in [9.17, 15) is 0 Å². The molecule has 0 aliphatic carbocycles. The summed E-state index contributed by atoms with van der Waals surface area (Å²) in [6.45, 7) is 6.02. The zero-order valence-electron chi connectivity index (χ0n) is 11.0. The van der Waals surface area contributed by atoms with Gasteiger partial charge in [-0.15, -0.1) is 22.7 Å². The first-order chi connectivity index (χ1) is 9.72. The fourth-order valence-corrected chi connectivity index (χ4v) is 3.16. The summed E-state index contributed by atoms with van der Waals surface area (Å²) in [4.78, 5) is 9.70. The van der Waals surface area contributed by atoms with Crippen LogP contribution in [0.2, 0.25) is 0 Å². The molecule has 20 heavy (non-hydrogen) atoms. The van der Waals surface area contributed by atoms with E-state index >= 15 is 0 Å². The van der Waals surface area contributed by atoms with Gasteiger partial charge in [0, 0.05) is 23.5 Å². The van der Waals surface area contributed by atoms with Gasteiger partial charge < -0.3 is 5.32 Å². The Bertz CT molecular complexity index is 712. The normalized spacial score (nSPS) is 10.4. The monoisotopic (exact) mass is 299 g/mol. The predicted molar refractivity (Wildman–Crippen MR) is 87.1 cm³/mol. The Kier molecular flexibility index (Phi) is 3.62. The van der Waals surface area contributed by atoms with Gasteiger partial charge in [-0.25, -0.2) is 9.97 Å². The van der Waals surface area contributed by atoms with Gasteiger partial charge >= 0.3 is 0 Å². The number of hydrogen-bond donors (Lipinski definition) is 1. The third-order valence-corrected chi connectivity index (χ3v) is 4.57. The van der Waals surface area contributed by atoms with Gasteiger partial charge in [0.1, 0.15) is 5.01 Å².